The molecule has 2 aromatic rings. The van der Waals surface area contributed by atoms with Gasteiger partial charge in [-0.25, -0.2) is 23.6 Å². The predicted octanol–water partition coefficient (Wildman–Crippen LogP) is 8.95. The van der Waals surface area contributed by atoms with Gasteiger partial charge in [0.1, 0.15) is 28.2 Å². The molecule has 0 bridgehead atoms. The number of halogens is 1. The van der Waals surface area contributed by atoms with Gasteiger partial charge in [0.25, 0.3) is 5.91 Å². The van der Waals surface area contributed by atoms with Crippen LogP contribution in [0.2, 0.25) is 0 Å². The standard InChI is InChI=1S/C43H58FN7O9S/c1-40(2,3)57-36(53)46-34(47-37(54)58-41(4,5)6)50-21-17-26(18-22-50)29-14-13-28(25-30(29)44)45-33(52)32-16-15-31(61-32)27-19-23-51(24-20-27)35(48-38(55)59-42(7,8)9)49-39(56)60-43(10,11)12/h13-17,19,25H,18,20-24H2,1-12H3,(H,45,52)(H,46,47,53,54)(H,48,49,55,56). The van der Waals surface area contributed by atoms with Gasteiger partial charge in [-0.1, -0.05) is 12.2 Å². The smallest absolute Gasteiger partial charge is 0.437 e. The molecule has 0 atom stereocenters. The Balaban J connectivity index is 1.41. The second kappa shape index (κ2) is 19.3. The molecule has 0 saturated carbocycles. The first-order valence-electron chi connectivity index (χ1n) is 19.9. The van der Waals surface area contributed by atoms with Crippen LogP contribution >= 0.6 is 11.3 Å². The number of amides is 5. The molecule has 61 heavy (non-hydrogen) atoms. The van der Waals surface area contributed by atoms with E-state index in [0.717, 1.165) is 10.5 Å². The summed E-state index contributed by atoms with van der Waals surface area (Å²) in [7, 11) is 0. The van der Waals surface area contributed by atoms with Gasteiger partial charge in [0.2, 0.25) is 11.9 Å². The number of alkyl carbamates (subject to hydrolysis) is 2. The fraction of sp³-hybridized carbons (Fsp3) is 0.512. The molecule has 0 radical (unpaired) electrons. The molecular weight excluding hydrogens is 810 g/mol. The second-order valence-corrected chi connectivity index (χ2v) is 19.3. The summed E-state index contributed by atoms with van der Waals surface area (Å²) in [5.74, 6) is -0.998. The largest absolute Gasteiger partial charge is 0.444 e. The molecule has 2 aliphatic heterocycles. The van der Waals surface area contributed by atoms with Crippen molar-refractivity contribution in [2.75, 3.05) is 31.5 Å². The molecule has 0 spiro atoms. The van der Waals surface area contributed by atoms with Crippen LogP contribution in [0.5, 0.6) is 0 Å². The summed E-state index contributed by atoms with van der Waals surface area (Å²) < 4.78 is 37.0. The molecule has 3 heterocycles. The summed E-state index contributed by atoms with van der Waals surface area (Å²) >= 11 is 1.28. The van der Waals surface area contributed by atoms with Gasteiger partial charge in [-0.05, 0) is 137 Å². The fourth-order valence-corrected chi connectivity index (χ4v) is 6.73. The van der Waals surface area contributed by atoms with Crippen LogP contribution in [0, 0.1) is 5.82 Å². The van der Waals surface area contributed by atoms with Crippen LogP contribution in [-0.4, -0.2) is 101 Å². The summed E-state index contributed by atoms with van der Waals surface area (Å²) in [6.07, 6.45) is 1.28. The molecule has 2 aliphatic rings. The van der Waals surface area contributed by atoms with Gasteiger partial charge in [-0.3, -0.25) is 15.4 Å². The highest BCUT2D eigenvalue weighted by Crippen LogP contribution is 2.31. The number of hydrogen-bond donors (Lipinski definition) is 3. The third-order valence-electron chi connectivity index (χ3n) is 8.14. The van der Waals surface area contributed by atoms with Crippen LogP contribution in [-0.2, 0) is 18.9 Å². The monoisotopic (exact) mass is 867 g/mol. The van der Waals surface area contributed by atoms with Crippen molar-refractivity contribution in [1.29, 1.82) is 0 Å². The lowest BCUT2D eigenvalue weighted by atomic mass is 9.98. The molecule has 18 heteroatoms. The Hall–Kier alpha value is -5.78. The number of carbonyl (C=O) groups excluding carboxylic acids is 5. The lowest BCUT2D eigenvalue weighted by Gasteiger charge is -2.30. The van der Waals surface area contributed by atoms with Gasteiger partial charge in [0, 0.05) is 42.3 Å². The molecule has 332 valence electrons. The van der Waals surface area contributed by atoms with Crippen LogP contribution in [0.15, 0.2) is 52.5 Å². The number of thiophene rings is 1. The predicted molar refractivity (Wildman–Crippen MR) is 233 cm³/mol. The third kappa shape index (κ3) is 16.0. The topological polar surface area (TPSA) is 190 Å². The minimum atomic E-state index is -0.887. The Bertz CT molecular complexity index is 2120. The van der Waals surface area contributed by atoms with E-state index in [9.17, 15) is 24.0 Å². The minimum absolute atomic E-state index is 0.00322. The average Bonchev–Trinajstić information content (AvgIpc) is 3.59. The number of carbonyl (C=O) groups is 5. The number of ether oxygens (including phenoxy) is 4. The van der Waals surface area contributed by atoms with Crippen LogP contribution in [0.1, 0.15) is 116 Å². The summed E-state index contributed by atoms with van der Waals surface area (Å²) in [5, 5.41) is 7.90. The molecule has 0 aliphatic carbocycles. The minimum Gasteiger partial charge on any atom is -0.444 e. The van der Waals surface area contributed by atoms with Gasteiger partial charge in [-0.2, -0.15) is 0 Å². The Morgan fingerprint density at radius 1 is 0.639 bits per heavy atom. The van der Waals surface area contributed by atoms with Gasteiger partial charge < -0.3 is 34.1 Å². The SMILES string of the molecule is CC(C)(C)OC(=O)/N=C(\NC(=O)OC(C)(C)C)N1CC=C(c2ccc(C(=O)Nc3ccc(C4=CCN(/C(=N/C(=O)OC(C)(C)C)NC(=O)OC(C)(C)C)CC4)c(F)c3)s2)CC1. The van der Waals surface area contributed by atoms with Crippen molar-refractivity contribution in [2.24, 2.45) is 9.98 Å². The first-order chi connectivity index (χ1) is 28.1. The molecule has 1 aromatic carbocycles. The molecule has 5 amide bonds. The number of aliphatic imine (C=N–C) groups is 2. The highest BCUT2D eigenvalue weighted by molar-refractivity contribution is 7.15. The Morgan fingerprint density at radius 2 is 1.10 bits per heavy atom. The van der Waals surface area contributed by atoms with E-state index >= 15 is 4.39 Å². The van der Waals surface area contributed by atoms with Crippen molar-refractivity contribution in [3.05, 3.63) is 63.6 Å². The summed E-state index contributed by atoms with van der Waals surface area (Å²) in [6.45, 7) is 21.7. The maximum atomic E-state index is 15.6. The van der Waals surface area contributed by atoms with Gasteiger partial charge >= 0.3 is 24.4 Å². The summed E-state index contributed by atoms with van der Waals surface area (Å²) in [5.41, 5.74) is -0.867. The quantitative estimate of drug-likeness (QED) is 0.151. The van der Waals surface area contributed by atoms with E-state index < -0.39 is 58.5 Å². The third-order valence-corrected chi connectivity index (χ3v) is 9.30. The van der Waals surface area contributed by atoms with Crippen LogP contribution in [0.3, 0.4) is 0 Å². The van der Waals surface area contributed by atoms with Crippen molar-refractivity contribution < 1.29 is 47.3 Å². The Morgan fingerprint density at radius 3 is 1.51 bits per heavy atom. The Kier molecular flexibility index (Phi) is 15.1. The number of hydrogen-bond acceptors (Lipinski definition) is 10. The maximum absolute atomic E-state index is 15.6. The number of guanidine groups is 2. The number of nitrogens with one attached hydrogen (secondary N) is 3. The summed E-state index contributed by atoms with van der Waals surface area (Å²) in [4.78, 5) is 76.3. The van der Waals surface area contributed by atoms with E-state index in [1.54, 1.807) is 117 Å². The average molecular weight is 868 g/mol. The van der Waals surface area contributed by atoms with E-state index in [-0.39, 0.29) is 24.2 Å². The molecule has 0 fully saturated rings. The number of benzene rings is 1. The zero-order chi connectivity index (χ0) is 45.5. The van der Waals surface area contributed by atoms with E-state index in [0.29, 0.717) is 48.5 Å². The summed E-state index contributed by atoms with van der Waals surface area (Å²) in [6, 6.07) is 8.01. The van der Waals surface area contributed by atoms with Crippen LogP contribution in [0.4, 0.5) is 29.3 Å². The van der Waals surface area contributed by atoms with Gasteiger partial charge in [0.05, 0.1) is 4.88 Å². The first-order valence-corrected chi connectivity index (χ1v) is 20.7. The van der Waals surface area contributed by atoms with Crippen molar-refractivity contribution >= 4 is 70.4 Å². The molecule has 0 saturated heterocycles. The maximum Gasteiger partial charge on any atom is 0.437 e. The van der Waals surface area contributed by atoms with E-state index in [4.69, 9.17) is 18.9 Å². The molecular formula is C43H58FN7O9S. The van der Waals surface area contributed by atoms with E-state index in [2.05, 4.69) is 25.9 Å². The highest BCUT2D eigenvalue weighted by Gasteiger charge is 2.28. The van der Waals surface area contributed by atoms with E-state index in [1.807, 2.05) is 12.1 Å². The van der Waals surface area contributed by atoms with E-state index in [1.165, 1.54) is 17.4 Å². The molecule has 0 unspecified atom stereocenters. The van der Waals surface area contributed by atoms with Crippen molar-refractivity contribution in [2.45, 2.75) is 118 Å². The normalized spacial score (nSPS) is 15.6. The van der Waals surface area contributed by atoms with Crippen molar-refractivity contribution in [1.82, 2.24) is 20.4 Å². The number of rotatable bonds is 4. The molecule has 3 N–H and O–H groups in total. The number of anilines is 1. The van der Waals surface area contributed by atoms with Crippen molar-refractivity contribution in [3.8, 4) is 0 Å². The molecule has 4 rings (SSSR count). The first kappa shape index (κ1) is 47.9. The lowest BCUT2D eigenvalue weighted by Crippen LogP contribution is -2.48. The highest BCUT2D eigenvalue weighted by atomic mass is 32.1. The van der Waals surface area contributed by atoms with Crippen molar-refractivity contribution in [3.63, 3.8) is 0 Å². The Labute approximate surface area is 360 Å². The number of nitrogens with zero attached hydrogens (tertiary/aromatic N) is 4. The second-order valence-electron chi connectivity index (χ2n) is 18.2. The zero-order valence-electron chi connectivity index (χ0n) is 37.0. The van der Waals surface area contributed by atoms with Gasteiger partial charge in [-0.15, -0.1) is 21.3 Å². The van der Waals surface area contributed by atoms with Crippen LogP contribution < -0.4 is 16.0 Å². The van der Waals surface area contributed by atoms with Crippen LogP contribution in [0.25, 0.3) is 11.1 Å². The lowest BCUT2D eigenvalue weighted by molar-refractivity contribution is 0.0536. The zero-order valence-corrected chi connectivity index (χ0v) is 37.8. The molecule has 16 nitrogen and oxygen atoms in total. The molecule has 1 aromatic heterocycles. The van der Waals surface area contributed by atoms with Gasteiger partial charge in [0.15, 0.2) is 0 Å². The fourth-order valence-electron chi connectivity index (χ4n) is 5.76.